The van der Waals surface area contributed by atoms with Gasteiger partial charge in [-0.2, -0.15) is 0 Å². The number of aromatic nitrogens is 3. The summed E-state index contributed by atoms with van der Waals surface area (Å²) in [6, 6.07) is 7.57. The monoisotopic (exact) mass is 490 g/mol. The van der Waals surface area contributed by atoms with Crippen LogP contribution in [0.5, 0.6) is 0 Å². The van der Waals surface area contributed by atoms with Gasteiger partial charge >= 0.3 is 0 Å². The number of aliphatic hydroxyl groups excluding tert-OH is 1. The SMILES string of the molecule is Cc1nc(S(C)(=O)=O)nc(N[C@@H]2C[C@H](CO)[C@H]3OC(C)(C)O[C@H]32)c1-c1nc2ccccc2s1. The van der Waals surface area contributed by atoms with E-state index in [-0.39, 0.29) is 35.9 Å². The zero-order valence-corrected chi connectivity index (χ0v) is 20.4. The van der Waals surface area contributed by atoms with Gasteiger partial charge < -0.3 is 19.9 Å². The number of thiazole rings is 1. The molecule has 5 rings (SSSR count). The first-order valence-corrected chi connectivity index (χ1v) is 13.4. The molecule has 1 saturated carbocycles. The number of nitrogens with one attached hydrogen (secondary N) is 1. The molecule has 33 heavy (non-hydrogen) atoms. The first kappa shape index (κ1) is 22.6. The van der Waals surface area contributed by atoms with Gasteiger partial charge in [0.2, 0.25) is 15.0 Å². The van der Waals surface area contributed by atoms with E-state index in [0.29, 0.717) is 28.5 Å². The second-order valence-electron chi connectivity index (χ2n) is 9.07. The number of para-hydroxylation sites is 1. The predicted octanol–water partition coefficient (Wildman–Crippen LogP) is 2.78. The molecule has 0 spiro atoms. The predicted molar refractivity (Wildman–Crippen MR) is 125 cm³/mol. The van der Waals surface area contributed by atoms with Crippen LogP contribution in [0.25, 0.3) is 20.8 Å². The van der Waals surface area contributed by atoms with Gasteiger partial charge in [-0.25, -0.2) is 23.4 Å². The minimum atomic E-state index is -3.63. The minimum absolute atomic E-state index is 0.0269. The van der Waals surface area contributed by atoms with Crippen LogP contribution < -0.4 is 5.32 Å². The highest BCUT2D eigenvalue weighted by atomic mass is 32.2. The third-order valence-corrected chi connectivity index (χ3v) is 7.95. The summed E-state index contributed by atoms with van der Waals surface area (Å²) >= 11 is 1.50. The van der Waals surface area contributed by atoms with E-state index < -0.39 is 15.6 Å². The molecule has 1 aliphatic heterocycles. The third-order valence-electron chi connectivity index (χ3n) is 6.05. The number of sulfone groups is 1. The number of anilines is 1. The van der Waals surface area contributed by atoms with Gasteiger partial charge in [0.15, 0.2) is 5.79 Å². The molecule has 1 aromatic carbocycles. The van der Waals surface area contributed by atoms with Crippen molar-refractivity contribution in [3.05, 3.63) is 30.0 Å². The van der Waals surface area contributed by atoms with Gasteiger partial charge in [0, 0.05) is 18.8 Å². The van der Waals surface area contributed by atoms with E-state index in [1.165, 1.54) is 11.3 Å². The van der Waals surface area contributed by atoms with E-state index in [0.717, 1.165) is 16.5 Å². The van der Waals surface area contributed by atoms with E-state index in [9.17, 15) is 13.5 Å². The number of hydrogen-bond donors (Lipinski definition) is 2. The number of hydrogen-bond acceptors (Lipinski definition) is 10. The fraction of sp³-hybridized carbons (Fsp3) is 0.500. The highest BCUT2D eigenvalue weighted by Crippen LogP contribution is 2.44. The molecular weight excluding hydrogens is 464 g/mol. The van der Waals surface area contributed by atoms with Gasteiger partial charge in [-0.15, -0.1) is 11.3 Å². The zero-order valence-electron chi connectivity index (χ0n) is 18.8. The highest BCUT2D eigenvalue weighted by molar-refractivity contribution is 7.90. The van der Waals surface area contributed by atoms with Crippen molar-refractivity contribution in [2.75, 3.05) is 18.2 Å². The van der Waals surface area contributed by atoms with Crippen molar-refractivity contribution in [2.24, 2.45) is 5.92 Å². The van der Waals surface area contributed by atoms with Crippen molar-refractivity contribution >= 4 is 37.2 Å². The average molecular weight is 491 g/mol. The molecule has 1 saturated heterocycles. The van der Waals surface area contributed by atoms with Crippen LogP contribution in [0.15, 0.2) is 29.4 Å². The molecule has 176 valence electrons. The topological polar surface area (TPSA) is 124 Å². The Kier molecular flexibility index (Phi) is 5.44. The summed E-state index contributed by atoms with van der Waals surface area (Å²) < 4.78 is 37.8. The molecule has 1 aliphatic carbocycles. The molecule has 4 atom stereocenters. The fourth-order valence-electron chi connectivity index (χ4n) is 4.64. The van der Waals surface area contributed by atoms with Gasteiger partial charge in [-0.05, 0) is 39.3 Å². The molecule has 2 aromatic heterocycles. The minimum Gasteiger partial charge on any atom is -0.396 e. The van der Waals surface area contributed by atoms with Gasteiger partial charge in [0.1, 0.15) is 16.9 Å². The molecule has 9 nitrogen and oxygen atoms in total. The lowest BCUT2D eigenvalue weighted by Gasteiger charge is -2.24. The molecule has 11 heteroatoms. The van der Waals surface area contributed by atoms with Crippen molar-refractivity contribution in [1.82, 2.24) is 15.0 Å². The number of aryl methyl sites for hydroxylation is 1. The lowest BCUT2D eigenvalue weighted by atomic mass is 10.1. The first-order chi connectivity index (χ1) is 15.6. The van der Waals surface area contributed by atoms with E-state index in [1.807, 2.05) is 38.1 Å². The molecule has 0 bridgehead atoms. The molecule has 0 amide bonds. The summed E-state index contributed by atoms with van der Waals surface area (Å²) in [6.07, 6.45) is 1.12. The zero-order chi connectivity index (χ0) is 23.5. The van der Waals surface area contributed by atoms with Crippen molar-refractivity contribution in [3.8, 4) is 10.6 Å². The van der Waals surface area contributed by atoms with Crippen LogP contribution in [0.3, 0.4) is 0 Å². The first-order valence-electron chi connectivity index (χ1n) is 10.7. The van der Waals surface area contributed by atoms with E-state index >= 15 is 0 Å². The molecule has 2 aliphatic rings. The van der Waals surface area contributed by atoms with Crippen molar-refractivity contribution in [1.29, 1.82) is 0 Å². The van der Waals surface area contributed by atoms with Crippen molar-refractivity contribution in [3.63, 3.8) is 0 Å². The standard InChI is InChI=1S/C22H26N4O5S2/c1-11-16(20-25-13-7-5-6-8-15(13)32-20)19(26-21(23-11)33(4,28)29)24-14-9-12(10-27)17-18(14)31-22(2,3)30-17/h5-8,12,14,17-18,27H,9-10H2,1-4H3,(H,23,24,26)/t12-,14-,17-,18+/m1/s1. The number of rotatable bonds is 5. The molecule has 3 aromatic rings. The van der Waals surface area contributed by atoms with Gasteiger partial charge in [-0.3, -0.25) is 0 Å². The lowest BCUT2D eigenvalue weighted by molar-refractivity contribution is -0.158. The quantitative estimate of drug-likeness (QED) is 0.520. The number of benzene rings is 1. The Labute approximate surface area is 196 Å². The van der Waals surface area contributed by atoms with Gasteiger partial charge in [0.25, 0.3) is 0 Å². The van der Waals surface area contributed by atoms with Gasteiger partial charge in [0.05, 0.1) is 33.6 Å². The number of fused-ring (bicyclic) bond motifs is 2. The Morgan fingerprint density at radius 2 is 1.91 bits per heavy atom. The summed E-state index contributed by atoms with van der Waals surface area (Å²) in [7, 11) is -3.63. The van der Waals surface area contributed by atoms with Crippen molar-refractivity contribution in [2.45, 2.75) is 56.4 Å². The molecule has 2 N–H and O–H groups in total. The van der Waals surface area contributed by atoms with Crippen LogP contribution in [0, 0.1) is 12.8 Å². The van der Waals surface area contributed by atoms with Crippen LogP contribution in [-0.4, -0.2) is 65.4 Å². The van der Waals surface area contributed by atoms with E-state index in [2.05, 4.69) is 15.3 Å². The van der Waals surface area contributed by atoms with E-state index in [1.54, 1.807) is 6.92 Å². The van der Waals surface area contributed by atoms with Crippen LogP contribution in [0.2, 0.25) is 0 Å². The maximum Gasteiger partial charge on any atom is 0.249 e. The van der Waals surface area contributed by atoms with Gasteiger partial charge in [-0.1, -0.05) is 12.1 Å². The molecular formula is C22H26N4O5S2. The summed E-state index contributed by atoms with van der Waals surface area (Å²) in [5.74, 6) is -0.478. The third kappa shape index (κ3) is 4.12. The number of aliphatic hydroxyl groups is 1. The Hall–Kier alpha value is -2.18. The van der Waals surface area contributed by atoms with Crippen LogP contribution in [0.1, 0.15) is 26.0 Å². The Morgan fingerprint density at radius 3 is 2.61 bits per heavy atom. The Bertz CT molecular complexity index is 1290. The smallest absolute Gasteiger partial charge is 0.249 e. The molecule has 2 fully saturated rings. The van der Waals surface area contributed by atoms with Crippen LogP contribution in [0.4, 0.5) is 5.82 Å². The number of ether oxygens (including phenoxy) is 2. The maximum absolute atomic E-state index is 12.3. The Balaban J connectivity index is 1.60. The van der Waals surface area contributed by atoms with Crippen LogP contribution in [-0.2, 0) is 19.3 Å². The summed E-state index contributed by atoms with van der Waals surface area (Å²) in [4.78, 5) is 13.4. The fourth-order valence-corrected chi connectivity index (χ4v) is 6.26. The maximum atomic E-state index is 12.3. The Morgan fingerprint density at radius 1 is 1.18 bits per heavy atom. The number of nitrogens with zero attached hydrogens (tertiary/aromatic N) is 3. The van der Waals surface area contributed by atoms with Crippen LogP contribution >= 0.6 is 11.3 Å². The van der Waals surface area contributed by atoms with E-state index in [4.69, 9.17) is 14.5 Å². The second kappa shape index (κ2) is 7.95. The average Bonchev–Trinajstić information content (AvgIpc) is 3.38. The summed E-state index contributed by atoms with van der Waals surface area (Å²) in [5.41, 5.74) is 2.03. The largest absolute Gasteiger partial charge is 0.396 e. The molecule has 3 heterocycles. The summed E-state index contributed by atoms with van der Waals surface area (Å²) in [5, 5.41) is 13.8. The highest BCUT2D eigenvalue weighted by Gasteiger charge is 2.54. The van der Waals surface area contributed by atoms with Crippen molar-refractivity contribution < 1.29 is 23.0 Å². The second-order valence-corrected chi connectivity index (χ2v) is 12.0. The lowest BCUT2D eigenvalue weighted by Crippen LogP contribution is -2.35. The summed E-state index contributed by atoms with van der Waals surface area (Å²) in [6.45, 7) is 5.43. The normalized spacial score (nSPS) is 26.6. The molecule has 0 unspecified atom stereocenters. The molecule has 0 radical (unpaired) electrons.